The molecule has 0 heterocycles. The maximum atomic E-state index is 8.65. The minimum absolute atomic E-state index is 0.205. The highest BCUT2D eigenvalue weighted by atomic mass is 16.3. The molecule has 0 unspecified atom stereocenters. The number of aliphatic hydroxyl groups is 1. The molecular formula is C6H16N2O. The first-order valence-electron chi connectivity index (χ1n) is 3.39. The second-order valence-electron chi connectivity index (χ2n) is 2.03. The molecule has 0 aliphatic heterocycles. The third-order valence-electron chi connectivity index (χ3n) is 1.29. The predicted molar refractivity (Wildman–Crippen MR) is 38.2 cm³/mol. The average molecular weight is 132 g/mol. The lowest BCUT2D eigenvalue weighted by atomic mass is 10.2. The normalized spacial score (nSPS) is 13.7. The molecule has 0 rings (SSSR count). The summed E-state index contributed by atoms with van der Waals surface area (Å²) in [5, 5.41) is 11.7. The van der Waals surface area contributed by atoms with Gasteiger partial charge in [0.05, 0.1) is 6.61 Å². The van der Waals surface area contributed by atoms with E-state index in [0.29, 0.717) is 6.54 Å². The van der Waals surface area contributed by atoms with Gasteiger partial charge >= 0.3 is 0 Å². The summed E-state index contributed by atoms with van der Waals surface area (Å²) in [7, 11) is 0. The molecule has 0 aromatic rings. The second-order valence-corrected chi connectivity index (χ2v) is 2.03. The van der Waals surface area contributed by atoms with Crippen LogP contribution in [-0.2, 0) is 0 Å². The van der Waals surface area contributed by atoms with Crippen molar-refractivity contribution in [3.63, 3.8) is 0 Å². The first kappa shape index (κ1) is 8.88. The first-order valence-corrected chi connectivity index (χ1v) is 3.39. The molecular weight excluding hydrogens is 116 g/mol. The van der Waals surface area contributed by atoms with Crippen molar-refractivity contribution in [3.05, 3.63) is 0 Å². The van der Waals surface area contributed by atoms with Gasteiger partial charge in [0, 0.05) is 19.1 Å². The van der Waals surface area contributed by atoms with E-state index in [-0.39, 0.29) is 12.6 Å². The van der Waals surface area contributed by atoms with Crippen LogP contribution in [0.4, 0.5) is 0 Å². The largest absolute Gasteiger partial charge is 0.395 e. The maximum absolute atomic E-state index is 8.65. The summed E-state index contributed by atoms with van der Waals surface area (Å²) in [6, 6.07) is 0.230. The highest BCUT2D eigenvalue weighted by Gasteiger charge is 1.99. The Balaban J connectivity index is 3.09. The van der Waals surface area contributed by atoms with Crippen molar-refractivity contribution in [1.29, 1.82) is 0 Å². The zero-order chi connectivity index (χ0) is 7.11. The molecule has 1 atom stereocenters. The van der Waals surface area contributed by atoms with E-state index in [1.54, 1.807) is 0 Å². The Morgan fingerprint density at radius 1 is 1.67 bits per heavy atom. The number of aliphatic hydroxyl groups excluding tert-OH is 1. The van der Waals surface area contributed by atoms with E-state index < -0.39 is 0 Å². The van der Waals surface area contributed by atoms with Crippen LogP contribution in [0.5, 0.6) is 0 Å². The van der Waals surface area contributed by atoms with E-state index >= 15 is 0 Å². The van der Waals surface area contributed by atoms with Crippen LogP contribution >= 0.6 is 0 Å². The smallest absolute Gasteiger partial charge is 0.0584 e. The lowest BCUT2D eigenvalue weighted by Crippen LogP contribution is -2.35. The minimum atomic E-state index is 0.205. The molecule has 0 spiro atoms. The SMILES string of the molecule is CC[C@@H](CO)NCCN. The number of hydrogen-bond acceptors (Lipinski definition) is 3. The van der Waals surface area contributed by atoms with Crippen molar-refractivity contribution in [2.24, 2.45) is 5.73 Å². The highest BCUT2D eigenvalue weighted by Crippen LogP contribution is 1.85. The summed E-state index contributed by atoms with van der Waals surface area (Å²) < 4.78 is 0. The molecule has 4 N–H and O–H groups in total. The number of rotatable bonds is 5. The van der Waals surface area contributed by atoms with Gasteiger partial charge in [0.25, 0.3) is 0 Å². The molecule has 56 valence electrons. The molecule has 0 aromatic carbocycles. The van der Waals surface area contributed by atoms with Crippen LogP contribution in [0.25, 0.3) is 0 Å². The molecule has 0 saturated heterocycles. The van der Waals surface area contributed by atoms with E-state index in [1.807, 2.05) is 6.92 Å². The molecule has 0 fully saturated rings. The van der Waals surface area contributed by atoms with Gasteiger partial charge in [0.15, 0.2) is 0 Å². The van der Waals surface area contributed by atoms with Gasteiger partial charge in [-0.1, -0.05) is 6.92 Å². The molecule has 0 radical (unpaired) electrons. The van der Waals surface area contributed by atoms with Crippen LogP contribution in [0.1, 0.15) is 13.3 Å². The first-order chi connectivity index (χ1) is 4.35. The number of nitrogens with one attached hydrogen (secondary N) is 1. The van der Waals surface area contributed by atoms with Gasteiger partial charge in [-0.15, -0.1) is 0 Å². The Hall–Kier alpha value is -0.120. The summed E-state index contributed by atoms with van der Waals surface area (Å²) in [5.74, 6) is 0. The molecule has 0 aliphatic rings. The van der Waals surface area contributed by atoms with Crippen molar-refractivity contribution in [1.82, 2.24) is 5.32 Å². The maximum Gasteiger partial charge on any atom is 0.0584 e. The van der Waals surface area contributed by atoms with Crippen molar-refractivity contribution >= 4 is 0 Å². The zero-order valence-electron chi connectivity index (χ0n) is 5.93. The standard InChI is InChI=1S/C6H16N2O/c1-2-6(5-9)8-4-3-7/h6,8-9H,2-5,7H2,1H3/t6-/m0/s1. The molecule has 0 aliphatic carbocycles. The molecule has 9 heavy (non-hydrogen) atoms. The Morgan fingerprint density at radius 3 is 2.67 bits per heavy atom. The number of hydrogen-bond donors (Lipinski definition) is 3. The lowest BCUT2D eigenvalue weighted by Gasteiger charge is -2.11. The van der Waals surface area contributed by atoms with Gasteiger partial charge in [0.1, 0.15) is 0 Å². The van der Waals surface area contributed by atoms with Crippen LogP contribution in [0.3, 0.4) is 0 Å². The van der Waals surface area contributed by atoms with Crippen LogP contribution < -0.4 is 11.1 Å². The van der Waals surface area contributed by atoms with Crippen LogP contribution in [0, 0.1) is 0 Å². The summed E-state index contributed by atoms with van der Waals surface area (Å²) in [6.07, 6.45) is 0.955. The fraction of sp³-hybridized carbons (Fsp3) is 1.00. The molecule has 3 nitrogen and oxygen atoms in total. The zero-order valence-corrected chi connectivity index (χ0v) is 5.93. The third-order valence-corrected chi connectivity index (χ3v) is 1.29. The lowest BCUT2D eigenvalue weighted by molar-refractivity contribution is 0.240. The van der Waals surface area contributed by atoms with E-state index in [9.17, 15) is 0 Å². The topological polar surface area (TPSA) is 58.3 Å². The van der Waals surface area contributed by atoms with Gasteiger partial charge in [-0.2, -0.15) is 0 Å². The van der Waals surface area contributed by atoms with Gasteiger partial charge in [0.2, 0.25) is 0 Å². The molecule has 0 saturated carbocycles. The van der Waals surface area contributed by atoms with Crippen LogP contribution in [0.15, 0.2) is 0 Å². The molecule has 0 aromatic heterocycles. The molecule has 0 bridgehead atoms. The fourth-order valence-electron chi connectivity index (χ4n) is 0.625. The van der Waals surface area contributed by atoms with Gasteiger partial charge in [-0.05, 0) is 6.42 Å². The Bertz CT molecular complexity index is 55.0. The summed E-state index contributed by atoms with van der Waals surface area (Å²) in [5.41, 5.74) is 5.24. The van der Waals surface area contributed by atoms with Gasteiger partial charge in [-0.3, -0.25) is 0 Å². The highest BCUT2D eigenvalue weighted by molar-refractivity contribution is 4.61. The average Bonchev–Trinajstić information content (AvgIpc) is 1.91. The van der Waals surface area contributed by atoms with Gasteiger partial charge in [-0.25, -0.2) is 0 Å². The van der Waals surface area contributed by atoms with E-state index in [4.69, 9.17) is 10.8 Å². The Kier molecular flexibility index (Phi) is 5.93. The van der Waals surface area contributed by atoms with Gasteiger partial charge < -0.3 is 16.2 Å². The molecule has 3 heteroatoms. The fourth-order valence-corrected chi connectivity index (χ4v) is 0.625. The molecule has 0 amide bonds. The predicted octanol–water partition coefficient (Wildman–Crippen LogP) is -0.694. The van der Waals surface area contributed by atoms with Crippen LogP contribution in [0.2, 0.25) is 0 Å². The quantitative estimate of drug-likeness (QED) is 0.464. The van der Waals surface area contributed by atoms with Crippen LogP contribution in [-0.4, -0.2) is 30.8 Å². The summed E-state index contributed by atoms with van der Waals surface area (Å²) >= 11 is 0. The van der Waals surface area contributed by atoms with E-state index in [2.05, 4.69) is 5.32 Å². The second kappa shape index (κ2) is 6.01. The third kappa shape index (κ3) is 4.39. The Labute approximate surface area is 56.2 Å². The van der Waals surface area contributed by atoms with Crippen molar-refractivity contribution < 1.29 is 5.11 Å². The van der Waals surface area contributed by atoms with E-state index in [0.717, 1.165) is 13.0 Å². The van der Waals surface area contributed by atoms with E-state index in [1.165, 1.54) is 0 Å². The minimum Gasteiger partial charge on any atom is -0.395 e. The summed E-state index contributed by atoms with van der Waals surface area (Å²) in [6.45, 7) is 3.66. The summed E-state index contributed by atoms with van der Waals surface area (Å²) in [4.78, 5) is 0. The van der Waals surface area contributed by atoms with Crippen molar-refractivity contribution in [3.8, 4) is 0 Å². The monoisotopic (exact) mass is 132 g/mol. The number of nitrogens with two attached hydrogens (primary N) is 1. The van der Waals surface area contributed by atoms with Crippen molar-refractivity contribution in [2.45, 2.75) is 19.4 Å². The Morgan fingerprint density at radius 2 is 2.33 bits per heavy atom. The van der Waals surface area contributed by atoms with Crippen molar-refractivity contribution in [2.75, 3.05) is 19.7 Å².